The van der Waals surface area contributed by atoms with Crippen LogP contribution in [0.4, 0.5) is 0 Å². The lowest BCUT2D eigenvalue weighted by molar-refractivity contribution is 0.0941. The maximum atomic E-state index is 11.9. The summed E-state index contributed by atoms with van der Waals surface area (Å²) in [5, 5.41) is 11.7. The molecule has 0 aliphatic carbocycles. The summed E-state index contributed by atoms with van der Waals surface area (Å²) in [6, 6.07) is 3.23. The number of nitrogens with one attached hydrogen (secondary N) is 2. The zero-order chi connectivity index (χ0) is 14.3. The fourth-order valence-electron chi connectivity index (χ4n) is 2.02. The second-order valence-electron chi connectivity index (χ2n) is 4.76. The van der Waals surface area contributed by atoms with Gasteiger partial charge in [-0.3, -0.25) is 9.59 Å². The predicted octanol–water partition coefficient (Wildman–Crippen LogP) is 1.21. The number of aliphatic hydroxyl groups excluding tert-OH is 1. The van der Waals surface area contributed by atoms with Crippen LogP contribution in [0.25, 0.3) is 0 Å². The van der Waals surface area contributed by atoms with Gasteiger partial charge in [0, 0.05) is 18.8 Å². The summed E-state index contributed by atoms with van der Waals surface area (Å²) in [5.74, 6) is -0.108. The predicted molar refractivity (Wildman–Crippen MR) is 74.2 cm³/mol. The van der Waals surface area contributed by atoms with Crippen molar-refractivity contribution >= 4 is 5.91 Å². The van der Waals surface area contributed by atoms with Crippen LogP contribution in [0.5, 0.6) is 0 Å². The molecule has 3 N–H and O–H groups in total. The largest absolute Gasteiger partial charge is 0.396 e. The van der Waals surface area contributed by atoms with E-state index in [2.05, 4.69) is 17.2 Å². The smallest absolute Gasteiger partial charge is 0.260 e. The number of carbonyl (C=O) groups excluding carboxylic acids is 1. The molecule has 19 heavy (non-hydrogen) atoms. The normalized spacial score (nSPS) is 12.2. The van der Waals surface area contributed by atoms with E-state index in [1.165, 1.54) is 6.07 Å². The monoisotopic (exact) mass is 266 g/mol. The minimum absolute atomic E-state index is 0.117. The van der Waals surface area contributed by atoms with Crippen LogP contribution in [0.15, 0.2) is 16.9 Å². The molecular weight excluding hydrogens is 244 g/mol. The van der Waals surface area contributed by atoms with E-state index in [-0.39, 0.29) is 29.6 Å². The van der Waals surface area contributed by atoms with Crippen molar-refractivity contribution in [2.75, 3.05) is 13.2 Å². The van der Waals surface area contributed by atoms with Gasteiger partial charge in [-0.1, -0.05) is 13.3 Å². The maximum absolute atomic E-state index is 11.9. The van der Waals surface area contributed by atoms with Gasteiger partial charge in [-0.2, -0.15) is 0 Å². The van der Waals surface area contributed by atoms with Crippen molar-refractivity contribution in [3.63, 3.8) is 0 Å². The standard InChI is InChI=1S/C14H22N2O3/c1-3-4-11(7-8-17)9-15-13(18)12-6-5-10(2)16-14(12)19/h5-6,11,17H,3-4,7-9H2,1-2H3,(H,15,18)(H,16,19). The molecular formula is C14H22N2O3. The van der Waals surface area contributed by atoms with E-state index < -0.39 is 0 Å². The van der Waals surface area contributed by atoms with E-state index >= 15 is 0 Å². The number of rotatable bonds is 7. The van der Waals surface area contributed by atoms with E-state index in [9.17, 15) is 9.59 Å². The highest BCUT2D eigenvalue weighted by molar-refractivity contribution is 5.93. The van der Waals surface area contributed by atoms with Crippen LogP contribution in [0.2, 0.25) is 0 Å². The Morgan fingerprint density at radius 3 is 2.74 bits per heavy atom. The first kappa shape index (κ1) is 15.4. The second kappa shape index (κ2) is 7.74. The van der Waals surface area contributed by atoms with Gasteiger partial charge in [0.2, 0.25) is 0 Å². The molecule has 1 aromatic heterocycles. The highest BCUT2D eigenvalue weighted by Gasteiger charge is 2.13. The third-order valence-corrected chi connectivity index (χ3v) is 3.09. The molecule has 1 rings (SSSR count). The number of hydrogen-bond donors (Lipinski definition) is 3. The van der Waals surface area contributed by atoms with Crippen LogP contribution in [-0.2, 0) is 0 Å². The molecule has 0 saturated heterocycles. The number of aliphatic hydroxyl groups is 1. The molecule has 5 heteroatoms. The SMILES string of the molecule is CCCC(CCO)CNC(=O)c1ccc(C)[nH]c1=O. The lowest BCUT2D eigenvalue weighted by Gasteiger charge is -2.15. The van der Waals surface area contributed by atoms with Crippen molar-refractivity contribution in [1.82, 2.24) is 10.3 Å². The van der Waals surface area contributed by atoms with Gasteiger partial charge in [0.15, 0.2) is 0 Å². The fraction of sp³-hybridized carbons (Fsp3) is 0.571. The Balaban J connectivity index is 2.61. The van der Waals surface area contributed by atoms with Crippen molar-refractivity contribution in [2.24, 2.45) is 5.92 Å². The van der Waals surface area contributed by atoms with Gasteiger partial charge >= 0.3 is 0 Å². The van der Waals surface area contributed by atoms with Gasteiger partial charge in [-0.25, -0.2) is 0 Å². The molecule has 1 atom stereocenters. The zero-order valence-corrected chi connectivity index (χ0v) is 11.5. The average molecular weight is 266 g/mol. The third-order valence-electron chi connectivity index (χ3n) is 3.09. The van der Waals surface area contributed by atoms with Crippen LogP contribution >= 0.6 is 0 Å². The first-order valence-corrected chi connectivity index (χ1v) is 6.67. The van der Waals surface area contributed by atoms with Crippen molar-refractivity contribution in [1.29, 1.82) is 0 Å². The zero-order valence-electron chi connectivity index (χ0n) is 11.5. The number of aromatic amines is 1. The molecule has 0 bridgehead atoms. The van der Waals surface area contributed by atoms with Gasteiger partial charge in [0.25, 0.3) is 11.5 Å². The molecule has 0 radical (unpaired) electrons. The molecule has 0 saturated carbocycles. The summed E-state index contributed by atoms with van der Waals surface area (Å²) in [7, 11) is 0. The van der Waals surface area contributed by atoms with Crippen LogP contribution in [0.1, 0.15) is 42.2 Å². The molecule has 0 aliphatic rings. The number of aryl methyl sites for hydroxylation is 1. The number of aromatic nitrogens is 1. The number of H-pyrrole nitrogens is 1. The second-order valence-corrected chi connectivity index (χ2v) is 4.76. The van der Waals surface area contributed by atoms with E-state index in [4.69, 9.17) is 5.11 Å². The number of pyridine rings is 1. The molecule has 0 fully saturated rings. The molecule has 5 nitrogen and oxygen atoms in total. The molecule has 1 amide bonds. The van der Waals surface area contributed by atoms with E-state index in [0.29, 0.717) is 13.0 Å². The first-order chi connectivity index (χ1) is 9.08. The topological polar surface area (TPSA) is 82.2 Å². The molecule has 0 aromatic carbocycles. The molecule has 0 spiro atoms. The molecule has 1 heterocycles. The first-order valence-electron chi connectivity index (χ1n) is 6.67. The number of amides is 1. The van der Waals surface area contributed by atoms with Gasteiger partial charge in [-0.15, -0.1) is 0 Å². The quantitative estimate of drug-likeness (QED) is 0.694. The summed E-state index contributed by atoms with van der Waals surface area (Å²) in [6.07, 6.45) is 2.62. The lowest BCUT2D eigenvalue weighted by Crippen LogP contribution is -2.33. The Labute approximate surface area is 113 Å². The Hall–Kier alpha value is -1.62. The van der Waals surface area contributed by atoms with Crippen molar-refractivity contribution in [3.05, 3.63) is 33.7 Å². The number of hydrogen-bond acceptors (Lipinski definition) is 3. The Bertz CT molecular complexity index is 462. The van der Waals surface area contributed by atoms with Crippen molar-refractivity contribution in [3.8, 4) is 0 Å². The number of carbonyl (C=O) groups is 1. The molecule has 1 unspecified atom stereocenters. The highest BCUT2D eigenvalue weighted by atomic mass is 16.3. The van der Waals surface area contributed by atoms with Crippen LogP contribution < -0.4 is 10.9 Å². The van der Waals surface area contributed by atoms with Crippen molar-refractivity contribution < 1.29 is 9.90 Å². The van der Waals surface area contributed by atoms with E-state index in [0.717, 1.165) is 18.5 Å². The Morgan fingerprint density at radius 2 is 2.16 bits per heavy atom. The Morgan fingerprint density at radius 1 is 1.42 bits per heavy atom. The summed E-state index contributed by atoms with van der Waals surface area (Å²) < 4.78 is 0. The molecule has 106 valence electrons. The van der Waals surface area contributed by atoms with Gasteiger partial charge < -0.3 is 15.4 Å². The highest BCUT2D eigenvalue weighted by Crippen LogP contribution is 2.09. The lowest BCUT2D eigenvalue weighted by atomic mass is 10.00. The van der Waals surface area contributed by atoms with Gasteiger partial charge in [0.05, 0.1) is 0 Å². The average Bonchev–Trinajstić information content (AvgIpc) is 2.36. The molecule has 1 aromatic rings. The Kier molecular flexibility index (Phi) is 6.29. The molecule has 0 aliphatic heterocycles. The van der Waals surface area contributed by atoms with E-state index in [1.54, 1.807) is 13.0 Å². The van der Waals surface area contributed by atoms with Crippen LogP contribution in [-0.4, -0.2) is 29.1 Å². The third kappa shape index (κ3) is 4.87. The van der Waals surface area contributed by atoms with Gasteiger partial charge in [0.1, 0.15) is 5.56 Å². The van der Waals surface area contributed by atoms with Crippen molar-refractivity contribution in [2.45, 2.75) is 33.1 Å². The minimum atomic E-state index is -0.369. The summed E-state index contributed by atoms with van der Waals surface area (Å²) in [4.78, 5) is 26.1. The fourth-order valence-corrected chi connectivity index (χ4v) is 2.02. The summed E-state index contributed by atoms with van der Waals surface area (Å²) >= 11 is 0. The van der Waals surface area contributed by atoms with Crippen LogP contribution in [0, 0.1) is 12.8 Å². The maximum Gasteiger partial charge on any atom is 0.260 e. The summed E-state index contributed by atoms with van der Waals surface area (Å²) in [6.45, 7) is 4.44. The minimum Gasteiger partial charge on any atom is -0.396 e. The van der Waals surface area contributed by atoms with Crippen LogP contribution in [0.3, 0.4) is 0 Å². The van der Waals surface area contributed by atoms with Gasteiger partial charge in [-0.05, 0) is 37.8 Å². The summed E-state index contributed by atoms with van der Waals surface area (Å²) in [5.41, 5.74) is 0.488. The van der Waals surface area contributed by atoms with E-state index in [1.807, 2.05) is 0 Å².